The van der Waals surface area contributed by atoms with Gasteiger partial charge in [0.15, 0.2) is 0 Å². The Bertz CT molecular complexity index is 445. The average molecular weight is 248 g/mol. The third-order valence-electron chi connectivity index (χ3n) is 3.13. The lowest BCUT2D eigenvalue weighted by atomic mass is 9.78. The number of carbonyl (C=O) groups is 1. The molecule has 0 fully saturated rings. The van der Waals surface area contributed by atoms with Crippen LogP contribution in [-0.2, 0) is 22.0 Å². The van der Waals surface area contributed by atoms with E-state index in [4.69, 9.17) is 5.11 Å². The van der Waals surface area contributed by atoms with Crippen molar-refractivity contribution in [2.24, 2.45) is 0 Å². The van der Waals surface area contributed by atoms with Crippen molar-refractivity contribution in [2.45, 2.75) is 58.8 Å². The zero-order valence-corrected chi connectivity index (χ0v) is 12.3. The van der Waals surface area contributed by atoms with Crippen molar-refractivity contribution in [2.75, 3.05) is 0 Å². The fraction of sp³-hybridized carbons (Fsp3) is 0.562. The summed E-state index contributed by atoms with van der Waals surface area (Å²) in [5.74, 6) is -0.774. The molecule has 1 rings (SSSR count). The normalized spacial score (nSPS) is 12.6. The molecule has 0 aromatic heterocycles. The van der Waals surface area contributed by atoms with Gasteiger partial charge in [-0.2, -0.15) is 0 Å². The van der Waals surface area contributed by atoms with E-state index in [1.165, 1.54) is 5.56 Å². The quantitative estimate of drug-likeness (QED) is 0.861. The molecule has 0 heterocycles. The summed E-state index contributed by atoms with van der Waals surface area (Å²) in [6.45, 7) is 12.9. The summed E-state index contributed by atoms with van der Waals surface area (Å²) in [6.07, 6.45) is 0.0943. The lowest BCUT2D eigenvalue weighted by Gasteiger charge is -2.27. The molecule has 1 aromatic carbocycles. The second-order valence-corrected chi connectivity index (χ2v) is 6.94. The van der Waals surface area contributed by atoms with Gasteiger partial charge in [0.05, 0.1) is 6.42 Å². The average Bonchev–Trinajstić information content (AvgIpc) is 2.13. The van der Waals surface area contributed by atoms with Gasteiger partial charge in [-0.3, -0.25) is 4.79 Å². The van der Waals surface area contributed by atoms with Crippen LogP contribution in [-0.4, -0.2) is 11.1 Å². The van der Waals surface area contributed by atoms with E-state index in [1.807, 2.05) is 12.1 Å². The second kappa shape index (κ2) is 4.75. The number of benzene rings is 1. The summed E-state index contributed by atoms with van der Waals surface area (Å²) in [5.41, 5.74) is 3.36. The van der Waals surface area contributed by atoms with Crippen LogP contribution >= 0.6 is 0 Å². The third-order valence-corrected chi connectivity index (χ3v) is 3.13. The maximum absolute atomic E-state index is 10.9. The van der Waals surface area contributed by atoms with Crippen molar-refractivity contribution in [3.8, 4) is 0 Å². The summed E-state index contributed by atoms with van der Waals surface area (Å²) in [5, 5.41) is 8.99. The van der Waals surface area contributed by atoms with Gasteiger partial charge in [0.2, 0.25) is 0 Å². The Balaban J connectivity index is 3.34. The number of carboxylic acid groups (broad SMARTS) is 1. The maximum atomic E-state index is 10.9. The first-order valence-corrected chi connectivity index (χ1v) is 6.37. The van der Waals surface area contributed by atoms with Gasteiger partial charge in [0, 0.05) is 0 Å². The predicted molar refractivity (Wildman–Crippen MR) is 75.2 cm³/mol. The van der Waals surface area contributed by atoms with E-state index < -0.39 is 5.97 Å². The van der Waals surface area contributed by atoms with Gasteiger partial charge in [0.25, 0.3) is 0 Å². The van der Waals surface area contributed by atoms with Crippen LogP contribution in [0.15, 0.2) is 18.2 Å². The van der Waals surface area contributed by atoms with Crippen molar-refractivity contribution >= 4 is 5.97 Å². The van der Waals surface area contributed by atoms with Gasteiger partial charge in [-0.05, 0) is 27.5 Å². The monoisotopic (exact) mass is 248 g/mol. The van der Waals surface area contributed by atoms with Gasteiger partial charge in [-0.15, -0.1) is 0 Å². The lowest BCUT2D eigenvalue weighted by molar-refractivity contribution is -0.136. The molecule has 0 spiro atoms. The summed E-state index contributed by atoms with van der Waals surface area (Å²) in [4.78, 5) is 10.9. The molecule has 0 saturated carbocycles. The number of hydrogen-bond acceptors (Lipinski definition) is 1. The summed E-state index contributed by atoms with van der Waals surface area (Å²) in [6, 6.07) is 6.18. The van der Waals surface area contributed by atoms with Crippen molar-refractivity contribution in [1.29, 1.82) is 0 Å². The zero-order chi connectivity index (χ0) is 14.1. The molecule has 18 heavy (non-hydrogen) atoms. The number of hydrogen-bond donors (Lipinski definition) is 1. The van der Waals surface area contributed by atoms with E-state index in [9.17, 15) is 4.79 Å². The fourth-order valence-corrected chi connectivity index (χ4v) is 2.06. The molecule has 0 aliphatic carbocycles. The molecule has 1 aromatic rings. The van der Waals surface area contributed by atoms with Gasteiger partial charge < -0.3 is 5.11 Å². The Labute approximate surface area is 110 Å². The molecule has 0 aliphatic heterocycles. The molecule has 2 nitrogen and oxygen atoms in total. The molecule has 0 aliphatic rings. The number of rotatable bonds is 2. The summed E-state index contributed by atoms with van der Waals surface area (Å²) < 4.78 is 0. The first-order valence-electron chi connectivity index (χ1n) is 6.37. The van der Waals surface area contributed by atoms with Crippen LogP contribution in [0.2, 0.25) is 0 Å². The van der Waals surface area contributed by atoms with Gasteiger partial charge in [-0.25, -0.2) is 0 Å². The molecule has 0 unspecified atom stereocenters. The molecule has 100 valence electrons. The molecule has 2 heteroatoms. The SMILES string of the molecule is CC(C)(C)c1ccc(CC(=O)O)c(C(C)(C)C)c1. The summed E-state index contributed by atoms with van der Waals surface area (Å²) in [7, 11) is 0. The first kappa shape index (κ1) is 14.7. The van der Waals surface area contributed by atoms with E-state index in [-0.39, 0.29) is 17.3 Å². The molecule has 0 radical (unpaired) electrons. The minimum absolute atomic E-state index is 0.0357. The Kier molecular flexibility index (Phi) is 3.89. The van der Waals surface area contributed by atoms with Crippen molar-refractivity contribution in [3.05, 3.63) is 34.9 Å². The smallest absolute Gasteiger partial charge is 0.307 e. The molecule has 0 atom stereocenters. The molecule has 0 saturated heterocycles. The van der Waals surface area contributed by atoms with Crippen molar-refractivity contribution < 1.29 is 9.90 Å². The molecule has 0 amide bonds. The van der Waals surface area contributed by atoms with E-state index >= 15 is 0 Å². The topological polar surface area (TPSA) is 37.3 Å². The minimum Gasteiger partial charge on any atom is -0.481 e. The van der Waals surface area contributed by atoms with Gasteiger partial charge >= 0.3 is 5.97 Å². The zero-order valence-electron chi connectivity index (χ0n) is 12.3. The second-order valence-electron chi connectivity index (χ2n) is 6.94. The Hall–Kier alpha value is -1.31. The van der Waals surface area contributed by atoms with Crippen molar-refractivity contribution in [1.82, 2.24) is 0 Å². The standard InChI is InChI=1S/C16H24O2/c1-15(2,3)12-8-7-11(9-14(17)18)13(10-12)16(4,5)6/h7-8,10H,9H2,1-6H3,(H,17,18). The maximum Gasteiger partial charge on any atom is 0.307 e. The lowest BCUT2D eigenvalue weighted by Crippen LogP contribution is -2.19. The van der Waals surface area contributed by atoms with Crippen LogP contribution in [0.4, 0.5) is 0 Å². The Morgan fingerprint density at radius 2 is 1.61 bits per heavy atom. The van der Waals surface area contributed by atoms with Crippen LogP contribution in [0.5, 0.6) is 0 Å². The van der Waals surface area contributed by atoms with Crippen molar-refractivity contribution in [3.63, 3.8) is 0 Å². The highest BCUT2D eigenvalue weighted by molar-refractivity contribution is 5.71. The van der Waals surface area contributed by atoms with E-state index in [2.05, 4.69) is 47.6 Å². The van der Waals surface area contributed by atoms with Gasteiger partial charge in [-0.1, -0.05) is 59.7 Å². The molecular formula is C16H24O2. The van der Waals surface area contributed by atoms with Crippen LogP contribution < -0.4 is 0 Å². The van der Waals surface area contributed by atoms with Gasteiger partial charge in [0.1, 0.15) is 0 Å². The summed E-state index contributed by atoms with van der Waals surface area (Å²) >= 11 is 0. The van der Waals surface area contributed by atoms with E-state index in [0.717, 1.165) is 11.1 Å². The number of carboxylic acids is 1. The van der Waals surface area contributed by atoms with Crippen LogP contribution in [0.1, 0.15) is 58.2 Å². The molecule has 0 bridgehead atoms. The molecule has 1 N–H and O–H groups in total. The fourth-order valence-electron chi connectivity index (χ4n) is 2.06. The molecular weight excluding hydrogens is 224 g/mol. The highest BCUT2D eigenvalue weighted by Crippen LogP contribution is 2.31. The first-order chi connectivity index (χ1) is 8.01. The highest BCUT2D eigenvalue weighted by atomic mass is 16.4. The Morgan fingerprint density at radius 3 is 2.00 bits per heavy atom. The highest BCUT2D eigenvalue weighted by Gasteiger charge is 2.22. The van der Waals surface area contributed by atoms with Crippen LogP contribution in [0.25, 0.3) is 0 Å². The van der Waals surface area contributed by atoms with E-state index in [0.29, 0.717) is 0 Å². The van der Waals surface area contributed by atoms with Crippen LogP contribution in [0, 0.1) is 0 Å². The number of aliphatic carboxylic acids is 1. The predicted octanol–water partition coefficient (Wildman–Crippen LogP) is 3.91. The largest absolute Gasteiger partial charge is 0.481 e. The minimum atomic E-state index is -0.774. The third kappa shape index (κ3) is 3.59. The van der Waals surface area contributed by atoms with Crippen LogP contribution in [0.3, 0.4) is 0 Å². The Morgan fingerprint density at radius 1 is 1.06 bits per heavy atom. The van der Waals surface area contributed by atoms with E-state index in [1.54, 1.807) is 0 Å².